The summed E-state index contributed by atoms with van der Waals surface area (Å²) in [6.07, 6.45) is 1.20. The van der Waals surface area contributed by atoms with Gasteiger partial charge in [-0.25, -0.2) is 27.0 Å². The number of primary sulfonamides is 1. The SMILES string of the molecule is NS(=O)(=O)c1ccnn1-c1ccc(F)c(F)c1. The zero-order chi connectivity index (χ0) is 12.6. The Hall–Kier alpha value is -1.80. The number of aromatic nitrogens is 2. The minimum absolute atomic E-state index is 0.0675. The zero-order valence-corrected chi connectivity index (χ0v) is 9.16. The molecule has 2 N–H and O–H groups in total. The maximum atomic E-state index is 13.0. The second-order valence-corrected chi connectivity index (χ2v) is 4.73. The lowest BCUT2D eigenvalue weighted by Gasteiger charge is -2.05. The lowest BCUT2D eigenvalue weighted by atomic mass is 10.3. The molecule has 2 aromatic rings. The molecule has 0 bridgehead atoms. The molecule has 1 aromatic carbocycles. The Morgan fingerprint density at radius 1 is 1.18 bits per heavy atom. The fourth-order valence-corrected chi connectivity index (χ4v) is 1.96. The molecule has 1 aromatic heterocycles. The van der Waals surface area contributed by atoms with Crippen LogP contribution in [0.1, 0.15) is 0 Å². The largest absolute Gasteiger partial charge is 0.255 e. The fraction of sp³-hybridized carbons (Fsp3) is 0. The number of hydrogen-bond donors (Lipinski definition) is 1. The first-order valence-corrected chi connectivity index (χ1v) is 5.96. The van der Waals surface area contributed by atoms with E-state index in [0.717, 1.165) is 22.9 Å². The van der Waals surface area contributed by atoms with Crippen molar-refractivity contribution < 1.29 is 17.2 Å². The number of hydrogen-bond acceptors (Lipinski definition) is 3. The van der Waals surface area contributed by atoms with E-state index in [0.29, 0.717) is 0 Å². The lowest BCUT2D eigenvalue weighted by molar-refractivity contribution is 0.507. The summed E-state index contributed by atoms with van der Waals surface area (Å²) in [4.78, 5) is 0. The Bertz CT molecular complexity index is 667. The second kappa shape index (κ2) is 3.90. The molecule has 0 aliphatic carbocycles. The first-order chi connectivity index (χ1) is 7.89. The van der Waals surface area contributed by atoms with E-state index in [9.17, 15) is 17.2 Å². The van der Waals surface area contributed by atoms with E-state index < -0.39 is 21.7 Å². The molecular formula is C9H7F2N3O2S. The number of nitrogens with zero attached hydrogens (tertiary/aromatic N) is 2. The third-order valence-corrected chi connectivity index (χ3v) is 2.94. The van der Waals surface area contributed by atoms with Crippen LogP contribution < -0.4 is 5.14 Å². The molecule has 0 amide bonds. The van der Waals surface area contributed by atoms with Crippen LogP contribution in [0.3, 0.4) is 0 Å². The number of rotatable bonds is 2. The summed E-state index contributed by atoms with van der Waals surface area (Å²) >= 11 is 0. The predicted octanol–water partition coefficient (Wildman–Crippen LogP) is 0.798. The number of benzene rings is 1. The van der Waals surface area contributed by atoms with E-state index in [-0.39, 0.29) is 10.7 Å². The number of nitrogens with two attached hydrogens (primary N) is 1. The summed E-state index contributed by atoms with van der Waals surface area (Å²) in [6.45, 7) is 0. The molecule has 1 heterocycles. The van der Waals surface area contributed by atoms with E-state index in [4.69, 9.17) is 5.14 Å². The monoisotopic (exact) mass is 259 g/mol. The minimum Gasteiger partial charge on any atom is -0.223 e. The molecule has 0 aliphatic heterocycles. The Labute approximate surface area is 95.5 Å². The summed E-state index contributed by atoms with van der Waals surface area (Å²) in [5.41, 5.74) is 0.0675. The van der Waals surface area contributed by atoms with Crippen molar-refractivity contribution in [2.24, 2.45) is 5.14 Å². The van der Waals surface area contributed by atoms with Crippen molar-refractivity contribution in [1.29, 1.82) is 0 Å². The molecule has 5 nitrogen and oxygen atoms in total. The van der Waals surface area contributed by atoms with Crippen LogP contribution in [0.5, 0.6) is 0 Å². The summed E-state index contributed by atoms with van der Waals surface area (Å²) in [7, 11) is -3.98. The van der Waals surface area contributed by atoms with E-state index in [1.807, 2.05) is 0 Å². The van der Waals surface area contributed by atoms with Crippen LogP contribution in [-0.2, 0) is 10.0 Å². The normalized spacial score (nSPS) is 11.7. The minimum atomic E-state index is -3.98. The van der Waals surface area contributed by atoms with Gasteiger partial charge in [0.25, 0.3) is 10.0 Å². The van der Waals surface area contributed by atoms with Gasteiger partial charge in [-0.05, 0) is 18.2 Å². The van der Waals surface area contributed by atoms with Crippen molar-refractivity contribution in [2.75, 3.05) is 0 Å². The summed E-state index contributed by atoms with van der Waals surface area (Å²) < 4.78 is 49.0. The third-order valence-electron chi connectivity index (χ3n) is 2.05. The van der Waals surface area contributed by atoms with Gasteiger partial charge in [0.05, 0.1) is 11.9 Å². The van der Waals surface area contributed by atoms with Gasteiger partial charge in [-0.1, -0.05) is 0 Å². The van der Waals surface area contributed by atoms with Crippen LogP contribution in [0.2, 0.25) is 0 Å². The van der Waals surface area contributed by atoms with Crippen LogP contribution >= 0.6 is 0 Å². The van der Waals surface area contributed by atoms with Gasteiger partial charge in [-0.15, -0.1) is 0 Å². The topological polar surface area (TPSA) is 78.0 Å². The molecule has 0 atom stereocenters. The Balaban J connectivity index is 2.62. The van der Waals surface area contributed by atoms with Crippen molar-refractivity contribution >= 4 is 10.0 Å². The second-order valence-electron chi connectivity index (χ2n) is 3.22. The number of halogens is 2. The van der Waals surface area contributed by atoms with Crippen molar-refractivity contribution in [3.05, 3.63) is 42.1 Å². The van der Waals surface area contributed by atoms with E-state index in [2.05, 4.69) is 5.10 Å². The van der Waals surface area contributed by atoms with Gasteiger partial charge < -0.3 is 0 Å². The van der Waals surface area contributed by atoms with Crippen molar-refractivity contribution in [3.8, 4) is 5.69 Å². The standard InChI is InChI=1S/C9H7F2N3O2S/c10-7-2-1-6(5-8(7)11)14-9(3-4-13-14)17(12,15)16/h1-5H,(H2,12,15,16). The quantitative estimate of drug-likeness (QED) is 0.866. The molecule has 0 saturated carbocycles. The van der Waals surface area contributed by atoms with Crippen LogP contribution in [0.15, 0.2) is 35.5 Å². The summed E-state index contributed by atoms with van der Waals surface area (Å²) in [5.74, 6) is -2.13. The van der Waals surface area contributed by atoms with Crippen LogP contribution in [0.4, 0.5) is 8.78 Å². The Morgan fingerprint density at radius 3 is 2.47 bits per heavy atom. The van der Waals surface area contributed by atoms with E-state index in [1.54, 1.807) is 0 Å². The molecule has 0 aliphatic rings. The van der Waals surface area contributed by atoms with Gasteiger partial charge >= 0.3 is 0 Å². The molecule has 0 unspecified atom stereocenters. The van der Waals surface area contributed by atoms with Gasteiger partial charge in [0.15, 0.2) is 16.7 Å². The molecule has 17 heavy (non-hydrogen) atoms. The zero-order valence-electron chi connectivity index (χ0n) is 8.34. The lowest BCUT2D eigenvalue weighted by Crippen LogP contribution is -2.17. The molecular weight excluding hydrogens is 252 g/mol. The molecule has 2 rings (SSSR count). The van der Waals surface area contributed by atoms with Crippen LogP contribution in [0.25, 0.3) is 5.69 Å². The average Bonchev–Trinajstić information content (AvgIpc) is 2.70. The average molecular weight is 259 g/mol. The van der Waals surface area contributed by atoms with E-state index in [1.165, 1.54) is 12.3 Å². The molecule has 0 saturated heterocycles. The maximum Gasteiger partial charge on any atom is 0.255 e. The number of sulfonamides is 1. The highest BCUT2D eigenvalue weighted by Gasteiger charge is 2.16. The van der Waals surface area contributed by atoms with Gasteiger partial charge in [0, 0.05) is 6.07 Å². The fourth-order valence-electron chi connectivity index (χ4n) is 1.32. The van der Waals surface area contributed by atoms with Crippen molar-refractivity contribution in [3.63, 3.8) is 0 Å². The third kappa shape index (κ3) is 2.17. The Morgan fingerprint density at radius 2 is 1.88 bits per heavy atom. The molecule has 0 spiro atoms. The van der Waals surface area contributed by atoms with Gasteiger partial charge in [0.1, 0.15) is 0 Å². The molecule has 90 valence electrons. The van der Waals surface area contributed by atoms with E-state index >= 15 is 0 Å². The van der Waals surface area contributed by atoms with Gasteiger partial charge in [-0.2, -0.15) is 5.10 Å². The van der Waals surface area contributed by atoms with Crippen LogP contribution in [-0.4, -0.2) is 18.2 Å². The highest BCUT2D eigenvalue weighted by molar-refractivity contribution is 7.89. The van der Waals surface area contributed by atoms with Crippen molar-refractivity contribution in [1.82, 2.24) is 9.78 Å². The Kier molecular flexibility index (Phi) is 2.68. The first-order valence-electron chi connectivity index (χ1n) is 4.42. The highest BCUT2D eigenvalue weighted by Crippen LogP contribution is 2.16. The molecule has 0 fully saturated rings. The highest BCUT2D eigenvalue weighted by atomic mass is 32.2. The van der Waals surface area contributed by atoms with Gasteiger partial charge in [0.2, 0.25) is 0 Å². The molecule has 0 radical (unpaired) electrons. The predicted molar refractivity (Wildman–Crippen MR) is 54.9 cm³/mol. The first kappa shape index (κ1) is 11.7. The maximum absolute atomic E-state index is 13.0. The van der Waals surface area contributed by atoms with Gasteiger partial charge in [-0.3, -0.25) is 0 Å². The smallest absolute Gasteiger partial charge is 0.223 e. The van der Waals surface area contributed by atoms with Crippen molar-refractivity contribution in [2.45, 2.75) is 5.03 Å². The molecule has 8 heteroatoms. The summed E-state index contributed by atoms with van der Waals surface area (Å²) in [5, 5.41) is 8.34. The summed E-state index contributed by atoms with van der Waals surface area (Å²) in [6, 6.07) is 4.06. The van der Waals surface area contributed by atoms with Crippen LogP contribution in [0, 0.1) is 11.6 Å².